The second-order valence-electron chi connectivity index (χ2n) is 6.69. The summed E-state index contributed by atoms with van der Waals surface area (Å²) < 4.78 is 48.0. The maximum absolute atomic E-state index is 14.6. The molecule has 152 valence electrons. The molecule has 29 heavy (non-hydrogen) atoms. The summed E-state index contributed by atoms with van der Waals surface area (Å²) in [5.74, 6) is -3.79. The Balaban J connectivity index is 1.73. The summed E-state index contributed by atoms with van der Waals surface area (Å²) in [7, 11) is 0. The quantitative estimate of drug-likeness (QED) is 0.575. The molecule has 9 heteroatoms. The first-order chi connectivity index (χ1) is 13.9. The molecule has 1 aliphatic heterocycles. The van der Waals surface area contributed by atoms with Gasteiger partial charge in [-0.15, -0.1) is 0 Å². The van der Waals surface area contributed by atoms with E-state index in [9.17, 15) is 8.78 Å². The molecule has 6 nitrogen and oxygen atoms in total. The van der Waals surface area contributed by atoms with Crippen molar-refractivity contribution in [2.75, 3.05) is 13.2 Å². The highest BCUT2D eigenvalue weighted by atomic mass is 35.5. The van der Waals surface area contributed by atoms with Gasteiger partial charge in [-0.05, 0) is 42.5 Å². The third-order valence-corrected chi connectivity index (χ3v) is 4.77. The Bertz CT molecular complexity index is 970. The van der Waals surface area contributed by atoms with Crippen LogP contribution in [-0.2, 0) is 27.7 Å². The number of halogens is 3. The fourth-order valence-electron chi connectivity index (χ4n) is 3.24. The van der Waals surface area contributed by atoms with Crippen molar-refractivity contribution in [3.05, 3.63) is 71.3 Å². The predicted octanol–water partition coefficient (Wildman–Crippen LogP) is 4.74. The normalized spacial score (nSPS) is 16.1. The number of nitrogens with zero attached hydrogens (tertiary/aromatic N) is 3. The van der Waals surface area contributed by atoms with Crippen molar-refractivity contribution in [1.82, 2.24) is 14.8 Å². The smallest absolute Gasteiger partial charge is 0.271 e. The van der Waals surface area contributed by atoms with Crippen molar-refractivity contribution in [3.8, 4) is 11.5 Å². The minimum atomic E-state index is -3.15. The van der Waals surface area contributed by atoms with Gasteiger partial charge in [-0.3, -0.25) is 0 Å². The number of hydrogen-bond donors (Lipinski definition) is 0. The molecule has 4 rings (SSSR count). The van der Waals surface area contributed by atoms with Crippen molar-refractivity contribution in [1.29, 1.82) is 0 Å². The van der Waals surface area contributed by atoms with E-state index in [1.807, 2.05) is 0 Å². The highest BCUT2D eigenvalue weighted by Gasteiger charge is 2.45. The molecule has 1 saturated heterocycles. The Morgan fingerprint density at radius 1 is 1.14 bits per heavy atom. The van der Waals surface area contributed by atoms with Crippen LogP contribution in [0.2, 0.25) is 5.02 Å². The summed E-state index contributed by atoms with van der Waals surface area (Å²) in [6, 6.07) is 11.1. The fourth-order valence-corrected chi connectivity index (χ4v) is 3.36. The van der Waals surface area contributed by atoms with Crippen LogP contribution in [-0.4, -0.2) is 28.0 Å². The molecule has 1 aromatic heterocycles. The van der Waals surface area contributed by atoms with Crippen LogP contribution in [0.15, 0.2) is 55.1 Å². The molecule has 0 amide bonds. The average molecular weight is 422 g/mol. The maximum Gasteiger partial charge on any atom is 0.271 e. The first-order valence-electron chi connectivity index (χ1n) is 8.92. The van der Waals surface area contributed by atoms with Crippen molar-refractivity contribution >= 4 is 11.6 Å². The van der Waals surface area contributed by atoms with E-state index in [-0.39, 0.29) is 36.6 Å². The van der Waals surface area contributed by atoms with Gasteiger partial charge in [0.25, 0.3) is 5.92 Å². The molecule has 3 aromatic rings. The topological polar surface area (TPSA) is 58.4 Å². The lowest BCUT2D eigenvalue weighted by atomic mass is 9.95. The van der Waals surface area contributed by atoms with Crippen LogP contribution in [0, 0.1) is 0 Å². The molecule has 0 aliphatic carbocycles. The fraction of sp³-hybridized carbons (Fsp3) is 0.300. The number of hydrogen-bond acceptors (Lipinski definition) is 5. The van der Waals surface area contributed by atoms with Crippen molar-refractivity contribution < 1.29 is 23.0 Å². The molecule has 0 spiro atoms. The van der Waals surface area contributed by atoms with Gasteiger partial charge in [-0.2, -0.15) is 5.10 Å². The van der Waals surface area contributed by atoms with Crippen LogP contribution in [0.3, 0.4) is 0 Å². The molecule has 1 aliphatic rings. The van der Waals surface area contributed by atoms with E-state index >= 15 is 0 Å². The lowest BCUT2D eigenvalue weighted by Gasteiger charge is -2.31. The van der Waals surface area contributed by atoms with E-state index in [1.165, 1.54) is 23.4 Å². The van der Waals surface area contributed by atoms with Crippen LogP contribution >= 0.6 is 11.6 Å². The monoisotopic (exact) mass is 421 g/mol. The summed E-state index contributed by atoms with van der Waals surface area (Å²) in [4.78, 5) is 3.89. The third-order valence-electron chi connectivity index (χ3n) is 4.51. The number of ether oxygens (including phenoxy) is 3. The zero-order chi connectivity index (χ0) is 20.5. The zero-order valence-corrected chi connectivity index (χ0v) is 16.3. The molecular weight excluding hydrogens is 404 g/mol. The van der Waals surface area contributed by atoms with E-state index in [0.717, 1.165) is 6.92 Å². The Labute approximate surface area is 171 Å². The van der Waals surface area contributed by atoms with E-state index < -0.39 is 11.7 Å². The van der Waals surface area contributed by atoms with Gasteiger partial charge in [-0.25, -0.2) is 18.4 Å². The third kappa shape index (κ3) is 4.24. The molecule has 0 N–H and O–H groups in total. The van der Waals surface area contributed by atoms with Crippen molar-refractivity contribution in [2.45, 2.75) is 25.2 Å². The molecule has 0 saturated carbocycles. The van der Waals surface area contributed by atoms with E-state index in [4.69, 9.17) is 25.8 Å². The van der Waals surface area contributed by atoms with Gasteiger partial charge >= 0.3 is 0 Å². The van der Waals surface area contributed by atoms with Crippen LogP contribution in [0.5, 0.6) is 11.5 Å². The highest BCUT2D eigenvalue weighted by Crippen LogP contribution is 2.42. The summed E-state index contributed by atoms with van der Waals surface area (Å²) in [5.41, 5.74) is -0.0209. The summed E-state index contributed by atoms with van der Waals surface area (Å²) >= 11 is 5.87. The van der Waals surface area contributed by atoms with E-state index in [1.54, 1.807) is 36.4 Å². The van der Waals surface area contributed by atoms with Crippen molar-refractivity contribution in [3.63, 3.8) is 0 Å². The van der Waals surface area contributed by atoms with Crippen molar-refractivity contribution in [2.24, 2.45) is 0 Å². The molecule has 2 heterocycles. The molecule has 0 bridgehead atoms. The Hall–Kier alpha value is -2.55. The lowest BCUT2D eigenvalue weighted by Crippen LogP contribution is -2.35. The number of benzene rings is 2. The SMILES string of the molecule is CC(F)(F)c1cc(Oc2ccc(Cl)cc2)ccc1C1(Cn2cncn2)OCCO1. The standard InChI is InChI=1S/C20H18ClF2N3O3/c1-19(22,23)18-10-16(29-15-4-2-14(21)3-5-15)6-7-17(18)20(27-8-9-28-20)11-26-13-24-12-25-26/h2-7,10,12-13H,8-9,11H2,1H3. The summed E-state index contributed by atoms with van der Waals surface area (Å²) in [6.45, 7) is 1.49. The molecule has 1 fully saturated rings. The van der Waals surface area contributed by atoms with Crippen LogP contribution in [0.4, 0.5) is 8.78 Å². The summed E-state index contributed by atoms with van der Waals surface area (Å²) in [6.07, 6.45) is 2.84. The second-order valence-corrected chi connectivity index (χ2v) is 7.13. The number of rotatable bonds is 6. The minimum Gasteiger partial charge on any atom is -0.457 e. The van der Waals surface area contributed by atoms with Crippen LogP contribution < -0.4 is 4.74 Å². The summed E-state index contributed by atoms with van der Waals surface area (Å²) in [5, 5.41) is 4.60. The van der Waals surface area contributed by atoms with Gasteiger partial charge in [0.15, 0.2) is 0 Å². The Morgan fingerprint density at radius 3 is 2.45 bits per heavy atom. The Morgan fingerprint density at radius 2 is 1.83 bits per heavy atom. The minimum absolute atomic E-state index is 0.0907. The van der Waals surface area contributed by atoms with E-state index in [0.29, 0.717) is 10.8 Å². The molecule has 0 atom stereocenters. The lowest BCUT2D eigenvalue weighted by molar-refractivity contribution is -0.180. The molecule has 2 aromatic carbocycles. The number of aromatic nitrogens is 3. The van der Waals surface area contributed by atoms with E-state index in [2.05, 4.69) is 10.1 Å². The molecular formula is C20H18ClF2N3O3. The molecule has 0 radical (unpaired) electrons. The number of alkyl halides is 2. The first kappa shape index (κ1) is 19.8. The van der Waals surface area contributed by atoms with Gasteiger partial charge in [0.2, 0.25) is 5.79 Å². The zero-order valence-electron chi connectivity index (χ0n) is 15.5. The predicted molar refractivity (Wildman–Crippen MR) is 101 cm³/mol. The Kier molecular flexibility index (Phi) is 5.24. The maximum atomic E-state index is 14.6. The van der Waals surface area contributed by atoms with Gasteiger partial charge in [-0.1, -0.05) is 11.6 Å². The van der Waals surface area contributed by atoms with Gasteiger partial charge < -0.3 is 14.2 Å². The van der Waals surface area contributed by atoms with Crippen LogP contribution in [0.25, 0.3) is 0 Å². The van der Waals surface area contributed by atoms with Crippen LogP contribution in [0.1, 0.15) is 18.1 Å². The largest absolute Gasteiger partial charge is 0.457 e. The van der Waals surface area contributed by atoms with Gasteiger partial charge in [0, 0.05) is 23.1 Å². The average Bonchev–Trinajstić information content (AvgIpc) is 3.36. The second kappa shape index (κ2) is 7.70. The van der Waals surface area contributed by atoms with Gasteiger partial charge in [0.1, 0.15) is 30.7 Å². The highest BCUT2D eigenvalue weighted by molar-refractivity contribution is 6.30. The molecule has 0 unspecified atom stereocenters. The first-order valence-corrected chi connectivity index (χ1v) is 9.30. The van der Waals surface area contributed by atoms with Gasteiger partial charge in [0.05, 0.1) is 13.2 Å².